The smallest absolute Gasteiger partial charge is 0.242 e. The standard InChI is InChI=1S/C30H31N5O3S2/c1-20-17-23(5-4-13-31)18-21(2)27(20)38-29-28-26(12-16-39-28)33-30(34-29)32-24-10-14-35(15-11-24)19-22-6-8-25(9-7-22)40(3,36)37/h4-9,12,16-18,24H,10-11,14-15,19H2,1-3H3,(H,32,33,34)/b5-4+. The maximum absolute atomic E-state index is 11.7. The summed E-state index contributed by atoms with van der Waals surface area (Å²) in [5.74, 6) is 1.84. The van der Waals surface area contributed by atoms with Gasteiger partial charge in [-0.25, -0.2) is 13.4 Å². The maximum atomic E-state index is 11.7. The van der Waals surface area contributed by atoms with Gasteiger partial charge in [-0.2, -0.15) is 10.2 Å². The van der Waals surface area contributed by atoms with Crippen LogP contribution in [0.4, 0.5) is 5.95 Å². The second-order valence-electron chi connectivity index (χ2n) is 10.1. The Morgan fingerprint density at radius 1 is 1.12 bits per heavy atom. The van der Waals surface area contributed by atoms with E-state index in [2.05, 4.69) is 10.2 Å². The molecule has 1 aliphatic rings. The third-order valence-corrected chi connectivity index (χ3v) is 9.00. The molecule has 1 aliphatic heterocycles. The first kappa shape index (κ1) is 27.8. The lowest BCUT2D eigenvalue weighted by molar-refractivity contribution is 0.211. The van der Waals surface area contributed by atoms with Crippen molar-refractivity contribution in [2.24, 2.45) is 0 Å². The van der Waals surface area contributed by atoms with E-state index in [1.54, 1.807) is 29.5 Å². The van der Waals surface area contributed by atoms with Gasteiger partial charge >= 0.3 is 0 Å². The van der Waals surface area contributed by atoms with Gasteiger partial charge in [0.1, 0.15) is 10.4 Å². The van der Waals surface area contributed by atoms with Crippen molar-refractivity contribution >= 4 is 43.4 Å². The Labute approximate surface area is 238 Å². The topological polar surface area (TPSA) is 108 Å². The number of fused-ring (bicyclic) bond motifs is 1. The van der Waals surface area contributed by atoms with Crippen LogP contribution >= 0.6 is 11.3 Å². The Balaban J connectivity index is 1.26. The van der Waals surface area contributed by atoms with E-state index in [0.717, 1.165) is 70.7 Å². The summed E-state index contributed by atoms with van der Waals surface area (Å²) in [6.07, 6.45) is 6.37. The number of anilines is 1. The number of likely N-dealkylation sites (tertiary alicyclic amines) is 1. The molecule has 0 bridgehead atoms. The van der Waals surface area contributed by atoms with Crippen molar-refractivity contribution in [1.82, 2.24) is 14.9 Å². The first-order valence-electron chi connectivity index (χ1n) is 13.1. The van der Waals surface area contributed by atoms with Gasteiger partial charge in [-0.1, -0.05) is 12.1 Å². The zero-order chi connectivity index (χ0) is 28.3. The molecule has 1 saturated heterocycles. The van der Waals surface area contributed by atoms with Gasteiger partial charge in [0.05, 0.1) is 16.5 Å². The minimum atomic E-state index is -3.18. The van der Waals surface area contributed by atoms with Crippen LogP contribution in [0.1, 0.15) is 35.1 Å². The molecule has 0 saturated carbocycles. The number of benzene rings is 2. The monoisotopic (exact) mass is 573 g/mol. The Morgan fingerprint density at radius 3 is 2.48 bits per heavy atom. The fraction of sp³-hybridized carbons (Fsp3) is 0.300. The second-order valence-corrected chi connectivity index (χ2v) is 13.1. The molecule has 0 atom stereocenters. The number of sulfone groups is 1. The summed E-state index contributed by atoms with van der Waals surface area (Å²) in [5.41, 5.74) is 4.83. The first-order chi connectivity index (χ1) is 19.2. The average Bonchev–Trinajstić information content (AvgIpc) is 3.39. The number of ether oxygens (including phenoxy) is 1. The predicted molar refractivity (Wildman–Crippen MR) is 160 cm³/mol. The number of rotatable bonds is 8. The molecule has 0 spiro atoms. The highest BCUT2D eigenvalue weighted by Gasteiger charge is 2.22. The molecule has 2 aromatic carbocycles. The Kier molecular flexibility index (Phi) is 8.17. The number of thiophene rings is 1. The molecule has 8 nitrogen and oxygen atoms in total. The molecule has 2 aromatic heterocycles. The molecule has 1 N–H and O–H groups in total. The highest BCUT2D eigenvalue weighted by Crippen LogP contribution is 2.36. The minimum Gasteiger partial charge on any atom is -0.437 e. The van der Waals surface area contributed by atoms with Crippen LogP contribution in [0.25, 0.3) is 16.3 Å². The van der Waals surface area contributed by atoms with Crippen LogP contribution < -0.4 is 10.1 Å². The van der Waals surface area contributed by atoms with E-state index in [1.807, 2.05) is 55.6 Å². The largest absolute Gasteiger partial charge is 0.437 e. The number of hydrogen-bond donors (Lipinski definition) is 1. The van der Waals surface area contributed by atoms with E-state index in [-0.39, 0.29) is 6.04 Å². The molecular weight excluding hydrogens is 542 g/mol. The first-order valence-corrected chi connectivity index (χ1v) is 15.8. The molecule has 4 aromatic rings. The molecular formula is C30H31N5O3S2. The van der Waals surface area contributed by atoms with E-state index < -0.39 is 9.84 Å². The predicted octanol–water partition coefficient (Wildman–Crippen LogP) is 6.12. The fourth-order valence-corrected chi connectivity index (χ4v) is 6.35. The number of nitrogens with zero attached hydrogens (tertiary/aromatic N) is 4. The minimum absolute atomic E-state index is 0.238. The summed E-state index contributed by atoms with van der Waals surface area (Å²) in [5, 5.41) is 14.4. The third-order valence-electron chi connectivity index (χ3n) is 6.98. The van der Waals surface area contributed by atoms with Crippen LogP contribution in [-0.2, 0) is 16.4 Å². The lowest BCUT2D eigenvalue weighted by Gasteiger charge is -2.32. The molecule has 10 heteroatoms. The number of aryl methyl sites for hydroxylation is 2. The van der Waals surface area contributed by atoms with Crippen LogP contribution in [0.3, 0.4) is 0 Å². The molecule has 206 valence electrons. The van der Waals surface area contributed by atoms with Gasteiger partial charge in [0.2, 0.25) is 11.8 Å². The molecule has 5 rings (SSSR count). The molecule has 0 radical (unpaired) electrons. The number of nitrogens with one attached hydrogen (secondary N) is 1. The van der Waals surface area contributed by atoms with Crippen molar-refractivity contribution in [1.29, 1.82) is 5.26 Å². The van der Waals surface area contributed by atoms with Crippen LogP contribution in [0, 0.1) is 25.2 Å². The van der Waals surface area contributed by atoms with Crippen molar-refractivity contribution in [3.05, 3.63) is 76.2 Å². The van der Waals surface area contributed by atoms with Gasteiger partial charge < -0.3 is 10.1 Å². The van der Waals surface area contributed by atoms with E-state index >= 15 is 0 Å². The number of hydrogen-bond acceptors (Lipinski definition) is 9. The molecule has 0 aliphatic carbocycles. The van der Waals surface area contributed by atoms with Crippen LogP contribution in [-0.4, -0.2) is 48.7 Å². The van der Waals surface area contributed by atoms with Gasteiger partial charge in [0, 0.05) is 38.0 Å². The number of allylic oxidation sites excluding steroid dienone is 1. The third kappa shape index (κ3) is 6.50. The number of nitriles is 1. The zero-order valence-electron chi connectivity index (χ0n) is 22.7. The van der Waals surface area contributed by atoms with Gasteiger partial charge in [0.25, 0.3) is 0 Å². The van der Waals surface area contributed by atoms with Gasteiger partial charge in [-0.05, 0) is 90.7 Å². The molecule has 40 heavy (non-hydrogen) atoms. The summed E-state index contributed by atoms with van der Waals surface area (Å²) in [6.45, 7) is 6.61. The lowest BCUT2D eigenvalue weighted by Crippen LogP contribution is -2.39. The highest BCUT2D eigenvalue weighted by molar-refractivity contribution is 7.90. The number of aromatic nitrogens is 2. The van der Waals surface area contributed by atoms with Crippen molar-refractivity contribution < 1.29 is 13.2 Å². The molecule has 1 fully saturated rings. The Hall–Kier alpha value is -3.78. The average molecular weight is 574 g/mol. The van der Waals surface area contributed by atoms with Crippen molar-refractivity contribution in [3.8, 4) is 17.7 Å². The van der Waals surface area contributed by atoms with E-state index in [9.17, 15) is 8.42 Å². The number of piperidine rings is 1. The van der Waals surface area contributed by atoms with Crippen LogP contribution in [0.5, 0.6) is 11.6 Å². The Bertz CT molecular complexity index is 1670. The van der Waals surface area contributed by atoms with E-state index in [0.29, 0.717) is 16.7 Å². The SMILES string of the molecule is Cc1cc(/C=C/C#N)cc(C)c1Oc1nc(NC2CCN(Cc3ccc(S(C)(=O)=O)cc3)CC2)nc2ccsc12. The van der Waals surface area contributed by atoms with Gasteiger partial charge in [-0.15, -0.1) is 11.3 Å². The highest BCUT2D eigenvalue weighted by atomic mass is 32.2. The fourth-order valence-electron chi connectivity index (χ4n) is 4.96. The second kappa shape index (κ2) is 11.8. The van der Waals surface area contributed by atoms with Gasteiger partial charge in [0.15, 0.2) is 9.84 Å². The molecule has 3 heterocycles. The summed E-state index contributed by atoms with van der Waals surface area (Å²) >= 11 is 1.55. The zero-order valence-corrected chi connectivity index (χ0v) is 24.3. The quantitative estimate of drug-likeness (QED) is 0.251. The summed E-state index contributed by atoms with van der Waals surface area (Å²) in [4.78, 5) is 12.3. The summed E-state index contributed by atoms with van der Waals surface area (Å²) < 4.78 is 30.7. The normalized spacial score (nSPS) is 14.9. The molecule has 0 unspecified atom stereocenters. The maximum Gasteiger partial charge on any atom is 0.242 e. The van der Waals surface area contributed by atoms with Crippen LogP contribution in [0.15, 0.2) is 58.8 Å². The van der Waals surface area contributed by atoms with E-state index in [1.165, 1.54) is 12.3 Å². The summed E-state index contributed by atoms with van der Waals surface area (Å²) in [7, 11) is -3.18. The van der Waals surface area contributed by atoms with Gasteiger partial charge in [-0.3, -0.25) is 4.90 Å². The van der Waals surface area contributed by atoms with Crippen molar-refractivity contribution in [2.45, 2.75) is 44.2 Å². The lowest BCUT2D eigenvalue weighted by atomic mass is 10.0. The molecule has 0 amide bonds. The van der Waals surface area contributed by atoms with Crippen molar-refractivity contribution in [3.63, 3.8) is 0 Å². The Morgan fingerprint density at radius 2 is 1.82 bits per heavy atom. The van der Waals surface area contributed by atoms with Crippen LogP contribution in [0.2, 0.25) is 0 Å². The van der Waals surface area contributed by atoms with E-state index in [4.69, 9.17) is 20.0 Å². The summed E-state index contributed by atoms with van der Waals surface area (Å²) in [6, 6.07) is 15.4. The van der Waals surface area contributed by atoms with Crippen molar-refractivity contribution in [2.75, 3.05) is 24.7 Å².